The Morgan fingerprint density at radius 1 is 1.55 bits per heavy atom. The molecule has 1 atom stereocenters. The van der Waals surface area contributed by atoms with Gasteiger partial charge in [-0.1, -0.05) is 6.92 Å². The zero-order valence-corrected chi connectivity index (χ0v) is 7.65. The molecule has 0 saturated carbocycles. The topological polar surface area (TPSA) is 60.2 Å². The number of rotatable bonds is 2. The van der Waals surface area contributed by atoms with Crippen LogP contribution in [0.3, 0.4) is 0 Å². The maximum absolute atomic E-state index is 11.1. The van der Waals surface area contributed by atoms with Gasteiger partial charge in [-0.05, 0) is 24.8 Å². The molecule has 1 fully saturated rings. The lowest BCUT2D eigenvalue weighted by Gasteiger charge is -2.19. The van der Waals surface area contributed by atoms with E-state index in [0.717, 1.165) is 12.8 Å². The molecule has 1 saturated heterocycles. The molecule has 2 N–H and O–H groups in total. The fourth-order valence-electron chi connectivity index (χ4n) is 1.62. The summed E-state index contributed by atoms with van der Waals surface area (Å²) in [5.74, 6) is 0.681. The van der Waals surface area contributed by atoms with Gasteiger partial charge in [0.15, 0.2) is 9.84 Å². The third-order valence-electron chi connectivity index (χ3n) is 2.33. The van der Waals surface area contributed by atoms with E-state index in [1.165, 1.54) is 0 Å². The van der Waals surface area contributed by atoms with Crippen molar-refractivity contribution in [2.45, 2.75) is 19.8 Å². The number of hydrogen-bond donors (Lipinski definition) is 1. The van der Waals surface area contributed by atoms with Crippen molar-refractivity contribution >= 4 is 9.84 Å². The number of nitrogens with two attached hydrogens (primary N) is 1. The predicted molar refractivity (Wildman–Crippen MR) is 45.0 cm³/mol. The van der Waals surface area contributed by atoms with Gasteiger partial charge < -0.3 is 5.73 Å². The van der Waals surface area contributed by atoms with Crippen LogP contribution in [0.4, 0.5) is 0 Å². The molecule has 1 unspecified atom stereocenters. The van der Waals surface area contributed by atoms with E-state index in [9.17, 15) is 8.42 Å². The molecule has 3 nitrogen and oxygen atoms in total. The third-order valence-corrected chi connectivity index (χ3v) is 4.30. The minimum absolute atomic E-state index is 0.0341. The van der Waals surface area contributed by atoms with Crippen LogP contribution in [0.5, 0.6) is 0 Å². The summed E-state index contributed by atoms with van der Waals surface area (Å²) < 4.78 is 22.2. The van der Waals surface area contributed by atoms with Crippen LogP contribution in [0.1, 0.15) is 19.8 Å². The molecule has 1 aliphatic heterocycles. The van der Waals surface area contributed by atoms with Crippen LogP contribution in [0.15, 0.2) is 0 Å². The van der Waals surface area contributed by atoms with Crippen LogP contribution < -0.4 is 5.73 Å². The van der Waals surface area contributed by atoms with Gasteiger partial charge in [0.05, 0.1) is 11.5 Å². The molecule has 0 aromatic rings. The molecule has 0 aromatic carbocycles. The van der Waals surface area contributed by atoms with Gasteiger partial charge in [-0.25, -0.2) is 8.42 Å². The molecule has 0 aromatic heterocycles. The molecular weight excluding hydrogens is 162 g/mol. The SMILES string of the molecule is CC1(CCN)CCS(=O)(=O)C1. The first-order valence-electron chi connectivity index (χ1n) is 3.88. The largest absolute Gasteiger partial charge is 0.330 e. The lowest BCUT2D eigenvalue weighted by Crippen LogP contribution is -2.21. The van der Waals surface area contributed by atoms with E-state index in [2.05, 4.69) is 0 Å². The molecular formula is C7H15NO2S. The molecule has 11 heavy (non-hydrogen) atoms. The molecule has 0 spiro atoms. The Bertz CT molecular complexity index is 235. The number of hydrogen-bond acceptors (Lipinski definition) is 3. The highest BCUT2D eigenvalue weighted by molar-refractivity contribution is 7.91. The minimum atomic E-state index is -2.73. The standard InChI is InChI=1S/C7H15NO2S/c1-7(2-4-8)3-5-11(9,10)6-7/h2-6,8H2,1H3. The maximum atomic E-state index is 11.1. The third kappa shape index (κ3) is 2.17. The molecule has 0 aliphatic carbocycles. The minimum Gasteiger partial charge on any atom is -0.330 e. The number of sulfone groups is 1. The van der Waals surface area contributed by atoms with Gasteiger partial charge in [0, 0.05) is 0 Å². The van der Waals surface area contributed by atoms with Crippen LogP contribution in [0, 0.1) is 5.41 Å². The molecule has 0 radical (unpaired) electrons. The molecule has 1 aliphatic rings. The zero-order chi connectivity index (χ0) is 8.54. The lowest BCUT2D eigenvalue weighted by atomic mass is 9.87. The average molecular weight is 177 g/mol. The van der Waals surface area contributed by atoms with Crippen molar-refractivity contribution in [3.8, 4) is 0 Å². The van der Waals surface area contributed by atoms with E-state index in [1.54, 1.807) is 0 Å². The van der Waals surface area contributed by atoms with E-state index in [-0.39, 0.29) is 5.41 Å². The van der Waals surface area contributed by atoms with Gasteiger partial charge >= 0.3 is 0 Å². The van der Waals surface area contributed by atoms with Crippen molar-refractivity contribution in [2.24, 2.45) is 11.1 Å². The van der Waals surface area contributed by atoms with Gasteiger partial charge in [0.2, 0.25) is 0 Å². The fraction of sp³-hybridized carbons (Fsp3) is 1.00. The Morgan fingerprint density at radius 3 is 2.55 bits per heavy atom. The molecule has 1 rings (SSSR count). The Morgan fingerprint density at radius 2 is 2.18 bits per heavy atom. The Balaban J connectivity index is 2.65. The quantitative estimate of drug-likeness (QED) is 0.653. The van der Waals surface area contributed by atoms with Crippen molar-refractivity contribution in [1.29, 1.82) is 0 Å². The highest BCUT2D eigenvalue weighted by Gasteiger charge is 2.37. The summed E-state index contributed by atoms with van der Waals surface area (Å²) in [4.78, 5) is 0. The second-order valence-corrected chi connectivity index (χ2v) is 5.88. The van der Waals surface area contributed by atoms with Crippen molar-refractivity contribution in [1.82, 2.24) is 0 Å². The second-order valence-electron chi connectivity index (χ2n) is 3.69. The molecule has 1 heterocycles. The average Bonchev–Trinajstić information content (AvgIpc) is 2.07. The van der Waals surface area contributed by atoms with Crippen LogP contribution in [-0.2, 0) is 9.84 Å². The van der Waals surface area contributed by atoms with Crippen LogP contribution >= 0.6 is 0 Å². The first-order chi connectivity index (χ1) is 4.97. The van der Waals surface area contributed by atoms with Crippen molar-refractivity contribution in [3.63, 3.8) is 0 Å². The Hall–Kier alpha value is -0.0900. The van der Waals surface area contributed by atoms with Crippen molar-refractivity contribution in [3.05, 3.63) is 0 Å². The summed E-state index contributed by atoms with van der Waals surface area (Å²) in [6.45, 7) is 2.59. The first-order valence-corrected chi connectivity index (χ1v) is 5.70. The van der Waals surface area contributed by atoms with Crippen molar-refractivity contribution < 1.29 is 8.42 Å². The van der Waals surface area contributed by atoms with E-state index in [4.69, 9.17) is 5.73 Å². The Kier molecular flexibility index (Phi) is 2.25. The monoisotopic (exact) mass is 177 g/mol. The van der Waals surface area contributed by atoms with E-state index in [0.29, 0.717) is 18.1 Å². The van der Waals surface area contributed by atoms with Crippen molar-refractivity contribution in [2.75, 3.05) is 18.1 Å². The van der Waals surface area contributed by atoms with Gasteiger partial charge in [-0.15, -0.1) is 0 Å². The predicted octanol–water partition coefficient (Wildman–Crippen LogP) is 0.160. The maximum Gasteiger partial charge on any atom is 0.150 e. The summed E-state index contributed by atoms with van der Waals surface area (Å²) in [7, 11) is -2.73. The van der Waals surface area contributed by atoms with Crippen LogP contribution in [0.25, 0.3) is 0 Å². The highest BCUT2D eigenvalue weighted by atomic mass is 32.2. The summed E-state index contributed by atoms with van der Waals surface area (Å²) in [6, 6.07) is 0. The first kappa shape index (κ1) is 9.00. The smallest absolute Gasteiger partial charge is 0.150 e. The highest BCUT2D eigenvalue weighted by Crippen LogP contribution is 2.34. The molecule has 66 valence electrons. The lowest BCUT2D eigenvalue weighted by molar-refractivity contribution is 0.352. The van der Waals surface area contributed by atoms with Gasteiger partial charge in [-0.2, -0.15) is 0 Å². The summed E-state index contributed by atoms with van der Waals surface area (Å²) >= 11 is 0. The van der Waals surface area contributed by atoms with Gasteiger partial charge in [-0.3, -0.25) is 0 Å². The van der Waals surface area contributed by atoms with E-state index >= 15 is 0 Å². The van der Waals surface area contributed by atoms with Crippen LogP contribution in [0.2, 0.25) is 0 Å². The van der Waals surface area contributed by atoms with Crippen LogP contribution in [-0.4, -0.2) is 26.5 Å². The molecule has 0 amide bonds. The Labute approximate surface area is 67.9 Å². The molecule has 4 heteroatoms. The molecule has 0 bridgehead atoms. The zero-order valence-electron chi connectivity index (χ0n) is 6.84. The van der Waals surface area contributed by atoms with Gasteiger partial charge in [0.1, 0.15) is 0 Å². The summed E-state index contributed by atoms with van der Waals surface area (Å²) in [5, 5.41) is 0. The normalized spacial score (nSPS) is 35.8. The van der Waals surface area contributed by atoms with E-state index < -0.39 is 9.84 Å². The summed E-state index contributed by atoms with van der Waals surface area (Å²) in [5.41, 5.74) is 5.35. The van der Waals surface area contributed by atoms with E-state index in [1.807, 2.05) is 6.92 Å². The summed E-state index contributed by atoms with van der Waals surface area (Å²) in [6.07, 6.45) is 1.61. The van der Waals surface area contributed by atoms with Gasteiger partial charge in [0.25, 0.3) is 0 Å². The second kappa shape index (κ2) is 2.75. The fourth-order valence-corrected chi connectivity index (χ4v) is 3.92.